The van der Waals surface area contributed by atoms with E-state index in [-0.39, 0.29) is 6.10 Å². The molecule has 0 spiro atoms. The van der Waals surface area contributed by atoms with Crippen LogP contribution in [0.2, 0.25) is 0 Å². The topological polar surface area (TPSA) is 52.4 Å². The van der Waals surface area contributed by atoms with Gasteiger partial charge in [-0.2, -0.15) is 0 Å². The molecule has 0 radical (unpaired) electrons. The second-order valence-electron chi connectivity index (χ2n) is 7.28. The number of aromatic nitrogens is 3. The maximum Gasteiger partial charge on any atom is 0.227 e. The van der Waals surface area contributed by atoms with Crippen LogP contribution in [-0.2, 0) is 16.0 Å². The van der Waals surface area contributed by atoms with Crippen LogP contribution in [0, 0.1) is 5.92 Å². The molecule has 1 unspecified atom stereocenters. The van der Waals surface area contributed by atoms with Crippen molar-refractivity contribution >= 4 is 5.95 Å². The Morgan fingerprint density at radius 3 is 2.52 bits per heavy atom. The summed E-state index contributed by atoms with van der Waals surface area (Å²) in [7, 11) is 2.15. The van der Waals surface area contributed by atoms with Gasteiger partial charge in [-0.05, 0) is 44.4 Å². The van der Waals surface area contributed by atoms with Gasteiger partial charge in [-0.1, -0.05) is 6.42 Å². The van der Waals surface area contributed by atoms with Crippen molar-refractivity contribution in [2.45, 2.75) is 63.7 Å². The minimum absolute atomic E-state index is 0.106. The van der Waals surface area contributed by atoms with Gasteiger partial charge >= 0.3 is 0 Å². The maximum atomic E-state index is 5.87. The second kappa shape index (κ2) is 6.77. The number of hydrogen-bond acceptors (Lipinski definition) is 5. The van der Waals surface area contributed by atoms with E-state index in [1.165, 1.54) is 19.3 Å². The van der Waals surface area contributed by atoms with Gasteiger partial charge in [0.1, 0.15) is 6.10 Å². The first-order valence-electron chi connectivity index (χ1n) is 9.18. The predicted octanol–water partition coefficient (Wildman–Crippen LogP) is 2.54. The van der Waals surface area contributed by atoms with Gasteiger partial charge in [0.2, 0.25) is 5.95 Å². The Bertz CT molecular complexity index is 517. The molecule has 6 nitrogen and oxygen atoms in total. The van der Waals surface area contributed by atoms with Crippen molar-refractivity contribution in [2.24, 2.45) is 5.92 Å². The van der Waals surface area contributed by atoms with E-state index < -0.39 is 0 Å². The molecule has 0 aromatic carbocycles. The molecule has 1 aromatic rings. The maximum absolute atomic E-state index is 5.87. The Labute approximate surface area is 138 Å². The highest BCUT2D eigenvalue weighted by molar-refractivity contribution is 5.31. The zero-order chi connectivity index (χ0) is 15.6. The lowest BCUT2D eigenvalue weighted by Crippen LogP contribution is -2.32. The lowest BCUT2D eigenvalue weighted by atomic mass is 9.85. The lowest BCUT2D eigenvalue weighted by molar-refractivity contribution is 0.0829. The minimum atomic E-state index is 0.106. The van der Waals surface area contributed by atoms with Gasteiger partial charge in [0, 0.05) is 26.8 Å². The number of rotatable bonds is 6. The fraction of sp³-hybridized carbons (Fsp3) is 0.882. The number of nitrogens with zero attached hydrogens (tertiary/aromatic N) is 4. The van der Waals surface area contributed by atoms with Crippen molar-refractivity contribution in [3.63, 3.8) is 0 Å². The number of ether oxygens (including phenoxy) is 2. The molecule has 4 rings (SSSR count). The average Bonchev–Trinajstić information content (AvgIpc) is 3.24. The molecule has 0 bridgehead atoms. The van der Waals surface area contributed by atoms with Gasteiger partial charge in [-0.3, -0.25) is 4.57 Å². The number of hydrogen-bond donors (Lipinski definition) is 0. The van der Waals surface area contributed by atoms with Crippen LogP contribution in [0.5, 0.6) is 0 Å². The average molecular weight is 320 g/mol. The first-order valence-corrected chi connectivity index (χ1v) is 9.18. The van der Waals surface area contributed by atoms with E-state index in [1.807, 2.05) is 0 Å². The molecule has 0 N–H and O–H groups in total. The Hall–Kier alpha value is -1.14. The van der Waals surface area contributed by atoms with E-state index in [0.29, 0.717) is 6.10 Å². The summed E-state index contributed by atoms with van der Waals surface area (Å²) in [5, 5.41) is 9.02. The highest BCUT2D eigenvalue weighted by Crippen LogP contribution is 2.32. The van der Waals surface area contributed by atoms with Crippen molar-refractivity contribution < 1.29 is 9.47 Å². The third-order valence-corrected chi connectivity index (χ3v) is 5.49. The van der Waals surface area contributed by atoms with Gasteiger partial charge < -0.3 is 14.4 Å². The van der Waals surface area contributed by atoms with Crippen LogP contribution in [-0.4, -0.2) is 47.7 Å². The van der Waals surface area contributed by atoms with Crippen LogP contribution in [0.15, 0.2) is 0 Å². The molecule has 3 aliphatic rings. The molecule has 128 valence electrons. The highest BCUT2D eigenvalue weighted by Gasteiger charge is 2.30. The highest BCUT2D eigenvalue weighted by atomic mass is 16.5. The van der Waals surface area contributed by atoms with Gasteiger partial charge in [0.05, 0.1) is 12.6 Å². The quantitative estimate of drug-likeness (QED) is 0.806. The van der Waals surface area contributed by atoms with E-state index in [0.717, 1.165) is 69.7 Å². The largest absolute Gasteiger partial charge is 0.376 e. The Balaban J connectivity index is 1.55. The molecule has 23 heavy (non-hydrogen) atoms. The summed E-state index contributed by atoms with van der Waals surface area (Å²) in [6.45, 7) is 3.65. The fourth-order valence-corrected chi connectivity index (χ4v) is 3.92. The van der Waals surface area contributed by atoms with E-state index in [1.54, 1.807) is 0 Å². The monoisotopic (exact) mass is 320 g/mol. The first-order chi connectivity index (χ1) is 11.3. The van der Waals surface area contributed by atoms with Crippen LogP contribution in [0.1, 0.15) is 56.9 Å². The molecule has 2 atom stereocenters. The van der Waals surface area contributed by atoms with Crippen LogP contribution in [0.25, 0.3) is 0 Å². The second-order valence-corrected chi connectivity index (χ2v) is 7.28. The Morgan fingerprint density at radius 2 is 1.87 bits per heavy atom. The molecule has 1 aliphatic carbocycles. The molecule has 1 aromatic heterocycles. The fourth-order valence-electron chi connectivity index (χ4n) is 3.92. The van der Waals surface area contributed by atoms with Crippen molar-refractivity contribution in [3.8, 4) is 0 Å². The standard InChI is InChI=1S/C17H28N4O2/c1-20(11-13-5-2-6-13)17-19-18-16(15-8-4-10-23-15)21(17)12-14-7-3-9-22-14/h13-15H,2-12H2,1H3/t14?,15-/m1/s1. The van der Waals surface area contributed by atoms with Gasteiger partial charge in [-0.25, -0.2) is 0 Å². The zero-order valence-corrected chi connectivity index (χ0v) is 14.1. The zero-order valence-electron chi connectivity index (χ0n) is 14.1. The molecule has 6 heteroatoms. The summed E-state index contributed by atoms with van der Waals surface area (Å²) in [6, 6.07) is 0. The Kier molecular flexibility index (Phi) is 4.53. The molecule has 3 fully saturated rings. The smallest absolute Gasteiger partial charge is 0.227 e. The van der Waals surface area contributed by atoms with Gasteiger partial charge in [0.15, 0.2) is 5.82 Å². The van der Waals surface area contributed by atoms with E-state index in [4.69, 9.17) is 9.47 Å². The number of anilines is 1. The molecule has 3 heterocycles. The van der Waals surface area contributed by atoms with Crippen molar-refractivity contribution in [2.75, 3.05) is 31.7 Å². The summed E-state index contributed by atoms with van der Waals surface area (Å²) in [4.78, 5) is 2.28. The summed E-state index contributed by atoms with van der Waals surface area (Å²) < 4.78 is 14.0. The van der Waals surface area contributed by atoms with Crippen LogP contribution in [0.3, 0.4) is 0 Å². The molecule has 1 saturated carbocycles. The van der Waals surface area contributed by atoms with Crippen molar-refractivity contribution in [1.82, 2.24) is 14.8 Å². The molecule has 2 saturated heterocycles. The third-order valence-electron chi connectivity index (χ3n) is 5.49. The first kappa shape index (κ1) is 15.4. The summed E-state index contributed by atoms with van der Waals surface area (Å²) in [6.07, 6.45) is 8.94. The van der Waals surface area contributed by atoms with Crippen LogP contribution < -0.4 is 4.90 Å². The van der Waals surface area contributed by atoms with Gasteiger partial charge in [-0.15, -0.1) is 10.2 Å². The summed E-state index contributed by atoms with van der Waals surface area (Å²) >= 11 is 0. The van der Waals surface area contributed by atoms with E-state index >= 15 is 0 Å². The van der Waals surface area contributed by atoms with Crippen molar-refractivity contribution in [3.05, 3.63) is 5.82 Å². The normalized spacial score (nSPS) is 28.2. The lowest BCUT2D eigenvalue weighted by Gasteiger charge is -2.31. The molecule has 0 amide bonds. The van der Waals surface area contributed by atoms with Crippen LogP contribution in [0.4, 0.5) is 5.95 Å². The van der Waals surface area contributed by atoms with Crippen molar-refractivity contribution in [1.29, 1.82) is 0 Å². The third kappa shape index (κ3) is 3.24. The summed E-state index contributed by atoms with van der Waals surface area (Å²) in [5.74, 6) is 2.80. The van der Waals surface area contributed by atoms with E-state index in [9.17, 15) is 0 Å². The van der Waals surface area contributed by atoms with Crippen LogP contribution >= 0.6 is 0 Å². The Morgan fingerprint density at radius 1 is 1.04 bits per heavy atom. The molecule has 2 aliphatic heterocycles. The SMILES string of the molecule is CN(CC1CCC1)c1nnc([C@H]2CCCO2)n1CC1CCCO1. The van der Waals surface area contributed by atoms with Gasteiger partial charge in [0.25, 0.3) is 0 Å². The summed E-state index contributed by atoms with van der Waals surface area (Å²) in [5.41, 5.74) is 0. The molecular weight excluding hydrogens is 292 g/mol. The molecular formula is C17H28N4O2. The van der Waals surface area contributed by atoms with E-state index in [2.05, 4.69) is 26.7 Å². The minimum Gasteiger partial charge on any atom is -0.376 e. The predicted molar refractivity (Wildman–Crippen MR) is 87.5 cm³/mol.